The predicted molar refractivity (Wildman–Crippen MR) is 68.7 cm³/mol. The van der Waals surface area contributed by atoms with Crippen molar-refractivity contribution in [1.82, 2.24) is 4.98 Å². The molecule has 2 atom stereocenters. The number of thiol groups is 1. The number of hydrogen-bond donors (Lipinski definition) is 3. The third kappa shape index (κ3) is 4.75. The summed E-state index contributed by atoms with van der Waals surface area (Å²) in [6.45, 7) is 0. The molecule has 0 bridgehead atoms. The van der Waals surface area contributed by atoms with E-state index in [9.17, 15) is 9.59 Å². The van der Waals surface area contributed by atoms with Crippen LogP contribution in [0.3, 0.4) is 0 Å². The quantitative estimate of drug-likeness (QED) is 0.653. The van der Waals surface area contributed by atoms with Crippen LogP contribution in [-0.2, 0) is 16.0 Å². The molecule has 5 nitrogen and oxygen atoms in total. The smallest absolute Gasteiger partial charge is 0.307 e. The minimum absolute atomic E-state index is 0.0872. The van der Waals surface area contributed by atoms with Gasteiger partial charge in [-0.3, -0.25) is 14.6 Å². The van der Waals surface area contributed by atoms with E-state index < -0.39 is 23.1 Å². The number of aliphatic carboxylic acids is 2. The number of pyridine rings is 1. The molecule has 0 aromatic carbocycles. The van der Waals surface area contributed by atoms with Crippen LogP contribution >= 0.6 is 12.6 Å². The van der Waals surface area contributed by atoms with Crippen LogP contribution in [0.15, 0.2) is 24.5 Å². The van der Waals surface area contributed by atoms with E-state index in [0.717, 1.165) is 5.56 Å². The van der Waals surface area contributed by atoms with E-state index in [-0.39, 0.29) is 12.8 Å². The van der Waals surface area contributed by atoms with Gasteiger partial charge in [0.05, 0.1) is 5.92 Å². The number of nitrogens with zero attached hydrogens (tertiary/aromatic N) is 1. The minimum atomic E-state index is -1.01. The fourth-order valence-corrected chi connectivity index (χ4v) is 2.15. The van der Waals surface area contributed by atoms with Crippen LogP contribution < -0.4 is 0 Å². The molecule has 1 aromatic rings. The van der Waals surface area contributed by atoms with Crippen LogP contribution in [0.25, 0.3) is 0 Å². The molecule has 18 heavy (non-hydrogen) atoms. The van der Waals surface area contributed by atoms with Crippen LogP contribution in [0.4, 0.5) is 0 Å². The van der Waals surface area contributed by atoms with Crippen molar-refractivity contribution in [2.75, 3.05) is 0 Å². The molecule has 98 valence electrons. The molecule has 1 rings (SSSR count). The number of carbonyl (C=O) groups is 2. The van der Waals surface area contributed by atoms with Crippen LogP contribution in [0.2, 0.25) is 0 Å². The summed E-state index contributed by atoms with van der Waals surface area (Å²) in [7, 11) is 0. The summed E-state index contributed by atoms with van der Waals surface area (Å²) in [6, 6.07) is 3.58. The fourth-order valence-electron chi connectivity index (χ4n) is 1.66. The molecule has 2 N–H and O–H groups in total. The van der Waals surface area contributed by atoms with Gasteiger partial charge in [-0.1, -0.05) is 0 Å². The van der Waals surface area contributed by atoms with Gasteiger partial charge in [0.15, 0.2) is 0 Å². The maximum absolute atomic E-state index is 11.1. The van der Waals surface area contributed by atoms with Gasteiger partial charge in [-0.25, -0.2) is 0 Å². The molecule has 0 saturated heterocycles. The third-order valence-corrected chi connectivity index (χ3v) is 3.19. The molecule has 0 fully saturated rings. The molecule has 0 aliphatic heterocycles. The second-order valence-corrected chi connectivity index (χ2v) is 4.67. The Kier molecular flexibility index (Phi) is 5.64. The van der Waals surface area contributed by atoms with Gasteiger partial charge in [0.2, 0.25) is 0 Å². The predicted octanol–water partition coefficient (Wildman–Crippen LogP) is 1.49. The van der Waals surface area contributed by atoms with Crippen LogP contribution in [0.5, 0.6) is 0 Å². The molecule has 0 saturated carbocycles. The maximum Gasteiger partial charge on any atom is 0.307 e. The van der Waals surface area contributed by atoms with Gasteiger partial charge in [0, 0.05) is 24.1 Å². The number of carboxylic acids is 2. The molecule has 1 aromatic heterocycles. The third-order valence-electron chi connectivity index (χ3n) is 2.65. The maximum atomic E-state index is 11.1. The van der Waals surface area contributed by atoms with Gasteiger partial charge in [-0.05, 0) is 30.5 Å². The van der Waals surface area contributed by atoms with Crippen LogP contribution in [-0.4, -0.2) is 32.4 Å². The Balaban J connectivity index is 2.62. The molecule has 0 radical (unpaired) electrons. The van der Waals surface area contributed by atoms with Crippen molar-refractivity contribution in [2.45, 2.75) is 24.5 Å². The Morgan fingerprint density at radius 3 is 2.39 bits per heavy atom. The van der Waals surface area contributed by atoms with E-state index in [1.54, 1.807) is 24.5 Å². The summed E-state index contributed by atoms with van der Waals surface area (Å²) in [5.74, 6) is -2.77. The van der Waals surface area contributed by atoms with Crippen molar-refractivity contribution < 1.29 is 19.8 Å². The van der Waals surface area contributed by atoms with Gasteiger partial charge in [0.25, 0.3) is 0 Å². The lowest BCUT2D eigenvalue weighted by Crippen LogP contribution is -2.26. The highest BCUT2D eigenvalue weighted by atomic mass is 32.1. The second kappa shape index (κ2) is 7.00. The number of carboxylic acid groups (broad SMARTS) is 2. The lowest BCUT2D eigenvalue weighted by Gasteiger charge is -2.18. The summed E-state index contributed by atoms with van der Waals surface area (Å²) in [5, 5.41) is 17.3. The van der Waals surface area contributed by atoms with Gasteiger partial charge < -0.3 is 10.2 Å². The fraction of sp³-hybridized carbons (Fsp3) is 0.417. The van der Waals surface area contributed by atoms with Crippen molar-refractivity contribution in [3.8, 4) is 0 Å². The minimum Gasteiger partial charge on any atom is -0.481 e. The zero-order valence-corrected chi connectivity index (χ0v) is 10.6. The Hall–Kier alpha value is -1.56. The summed E-state index contributed by atoms with van der Waals surface area (Å²) in [5.41, 5.74) is 0.937. The zero-order chi connectivity index (χ0) is 13.5. The van der Waals surface area contributed by atoms with E-state index in [0.29, 0.717) is 6.42 Å². The van der Waals surface area contributed by atoms with Crippen LogP contribution in [0.1, 0.15) is 18.4 Å². The molecule has 0 amide bonds. The van der Waals surface area contributed by atoms with Crippen molar-refractivity contribution in [3.63, 3.8) is 0 Å². The monoisotopic (exact) mass is 269 g/mol. The number of rotatable bonds is 7. The largest absolute Gasteiger partial charge is 0.481 e. The Bertz CT molecular complexity index is 410. The molecule has 1 heterocycles. The molecule has 0 aliphatic carbocycles. The van der Waals surface area contributed by atoms with Gasteiger partial charge >= 0.3 is 11.9 Å². The first kappa shape index (κ1) is 14.5. The van der Waals surface area contributed by atoms with Crippen molar-refractivity contribution in [1.29, 1.82) is 0 Å². The van der Waals surface area contributed by atoms with E-state index in [1.807, 2.05) is 0 Å². The van der Waals surface area contributed by atoms with Crippen molar-refractivity contribution in [3.05, 3.63) is 30.1 Å². The summed E-state index contributed by atoms with van der Waals surface area (Å²) in [4.78, 5) is 25.4. The standard InChI is InChI=1S/C12H15NO4S/c14-11(15)2-1-9(12(16)17)10(18)7-8-3-5-13-6-4-8/h3-6,9-10,18H,1-2,7H2,(H,14,15)(H,16,17). The Morgan fingerprint density at radius 2 is 1.89 bits per heavy atom. The van der Waals surface area contributed by atoms with Gasteiger partial charge in [-0.2, -0.15) is 12.6 Å². The van der Waals surface area contributed by atoms with Crippen molar-refractivity contribution in [2.24, 2.45) is 5.92 Å². The highest BCUT2D eigenvalue weighted by Crippen LogP contribution is 2.21. The molecular formula is C12H15NO4S. The lowest BCUT2D eigenvalue weighted by atomic mass is 9.95. The van der Waals surface area contributed by atoms with Crippen LogP contribution in [0, 0.1) is 5.92 Å². The Labute approximate surface area is 110 Å². The SMILES string of the molecule is O=C(O)CCC(C(=O)O)C(S)Cc1ccncc1. The first-order chi connectivity index (χ1) is 8.50. The van der Waals surface area contributed by atoms with Gasteiger partial charge in [-0.15, -0.1) is 0 Å². The molecule has 6 heteroatoms. The normalized spacial score (nSPS) is 13.8. The lowest BCUT2D eigenvalue weighted by molar-refractivity contribution is -0.142. The van der Waals surface area contributed by atoms with E-state index in [2.05, 4.69) is 17.6 Å². The van der Waals surface area contributed by atoms with E-state index in [4.69, 9.17) is 10.2 Å². The van der Waals surface area contributed by atoms with Gasteiger partial charge in [0.1, 0.15) is 0 Å². The topological polar surface area (TPSA) is 87.5 Å². The highest BCUT2D eigenvalue weighted by molar-refractivity contribution is 7.81. The summed E-state index contributed by atoms with van der Waals surface area (Å²) >= 11 is 4.28. The second-order valence-electron chi connectivity index (χ2n) is 4.00. The first-order valence-electron chi connectivity index (χ1n) is 5.52. The summed E-state index contributed by atoms with van der Waals surface area (Å²) in [6.07, 6.45) is 3.65. The number of aromatic nitrogens is 1. The molecular weight excluding hydrogens is 254 g/mol. The molecule has 2 unspecified atom stereocenters. The number of hydrogen-bond acceptors (Lipinski definition) is 4. The molecule has 0 spiro atoms. The van der Waals surface area contributed by atoms with E-state index in [1.165, 1.54) is 0 Å². The van der Waals surface area contributed by atoms with Crippen molar-refractivity contribution >= 4 is 24.6 Å². The molecule has 0 aliphatic rings. The summed E-state index contributed by atoms with van der Waals surface area (Å²) < 4.78 is 0. The Morgan fingerprint density at radius 1 is 1.28 bits per heavy atom. The zero-order valence-electron chi connectivity index (χ0n) is 9.69. The average molecular weight is 269 g/mol. The highest BCUT2D eigenvalue weighted by Gasteiger charge is 2.26. The average Bonchev–Trinajstić information content (AvgIpc) is 2.29. The van der Waals surface area contributed by atoms with E-state index >= 15 is 0 Å². The first-order valence-corrected chi connectivity index (χ1v) is 6.04.